The second kappa shape index (κ2) is 6.28. The molecule has 0 aromatic heterocycles. The van der Waals surface area contributed by atoms with Crippen molar-refractivity contribution in [3.05, 3.63) is 0 Å². The summed E-state index contributed by atoms with van der Waals surface area (Å²) in [7, 11) is 1.63. The monoisotopic (exact) mass is 191 g/mol. The highest BCUT2D eigenvalue weighted by Crippen LogP contribution is 2.06. The molecule has 0 unspecified atom stereocenters. The van der Waals surface area contributed by atoms with E-state index in [0.717, 1.165) is 0 Å². The van der Waals surface area contributed by atoms with Crippen LogP contribution in [0.25, 0.3) is 0 Å². The Morgan fingerprint density at radius 1 is 1.38 bits per heavy atom. The fourth-order valence-electron chi connectivity index (χ4n) is 1.06. The molecule has 1 fully saturated rings. The molecule has 1 heterocycles. The van der Waals surface area contributed by atoms with Crippen molar-refractivity contribution in [1.29, 1.82) is 0 Å². The summed E-state index contributed by atoms with van der Waals surface area (Å²) in [6, 6.07) is -0.0222. The third-order valence-electron chi connectivity index (χ3n) is 1.87. The van der Waals surface area contributed by atoms with Crippen LogP contribution in [0.4, 0.5) is 0 Å². The first-order valence-corrected chi connectivity index (χ1v) is 4.36. The molecule has 0 saturated carbocycles. The summed E-state index contributed by atoms with van der Waals surface area (Å²) >= 11 is 0. The topological polar surface area (TPSA) is 62.9 Å². The van der Waals surface area contributed by atoms with E-state index in [0.29, 0.717) is 26.4 Å². The number of ether oxygens (including phenoxy) is 4. The molecule has 0 aromatic rings. The molecule has 2 N–H and O–H groups in total. The fraction of sp³-hybridized carbons (Fsp3) is 1.00. The summed E-state index contributed by atoms with van der Waals surface area (Å²) < 4.78 is 20.4. The van der Waals surface area contributed by atoms with E-state index < -0.39 is 0 Å². The van der Waals surface area contributed by atoms with Gasteiger partial charge in [0.05, 0.1) is 32.5 Å². The van der Waals surface area contributed by atoms with E-state index in [1.165, 1.54) is 0 Å². The highest BCUT2D eigenvalue weighted by Gasteiger charge is 2.25. The first-order valence-electron chi connectivity index (χ1n) is 4.36. The summed E-state index contributed by atoms with van der Waals surface area (Å²) in [4.78, 5) is 0. The normalized spacial score (nSPS) is 28.2. The highest BCUT2D eigenvalue weighted by atomic mass is 16.7. The molecular weight excluding hydrogens is 174 g/mol. The number of rotatable bonds is 6. The van der Waals surface area contributed by atoms with Gasteiger partial charge in [-0.3, -0.25) is 0 Å². The van der Waals surface area contributed by atoms with Crippen molar-refractivity contribution in [2.45, 2.75) is 12.1 Å². The average Bonchev–Trinajstić information content (AvgIpc) is 2.52. The zero-order chi connectivity index (χ0) is 9.52. The minimum Gasteiger partial charge on any atom is -0.382 e. The number of hydrogen-bond acceptors (Lipinski definition) is 5. The Bertz CT molecular complexity index is 133. The van der Waals surface area contributed by atoms with Crippen molar-refractivity contribution < 1.29 is 18.9 Å². The van der Waals surface area contributed by atoms with E-state index >= 15 is 0 Å². The van der Waals surface area contributed by atoms with Crippen LogP contribution >= 0.6 is 0 Å². The van der Waals surface area contributed by atoms with Gasteiger partial charge < -0.3 is 24.7 Å². The fourth-order valence-corrected chi connectivity index (χ4v) is 1.06. The van der Waals surface area contributed by atoms with Crippen LogP contribution in [0.15, 0.2) is 0 Å². The molecule has 78 valence electrons. The van der Waals surface area contributed by atoms with Gasteiger partial charge in [0.25, 0.3) is 0 Å². The summed E-state index contributed by atoms with van der Waals surface area (Å²) in [5.41, 5.74) is 5.69. The molecule has 0 amide bonds. The van der Waals surface area contributed by atoms with Gasteiger partial charge in [0.1, 0.15) is 12.9 Å². The van der Waals surface area contributed by atoms with E-state index in [9.17, 15) is 0 Å². The first-order chi connectivity index (χ1) is 6.34. The van der Waals surface area contributed by atoms with Gasteiger partial charge in [-0.15, -0.1) is 0 Å². The van der Waals surface area contributed by atoms with Gasteiger partial charge in [0, 0.05) is 7.11 Å². The molecule has 0 aromatic carbocycles. The van der Waals surface area contributed by atoms with E-state index in [2.05, 4.69) is 0 Å². The van der Waals surface area contributed by atoms with Crippen LogP contribution in [0, 0.1) is 0 Å². The van der Waals surface area contributed by atoms with Crippen molar-refractivity contribution in [3.63, 3.8) is 0 Å². The summed E-state index contributed by atoms with van der Waals surface area (Å²) in [5, 5.41) is 0. The van der Waals surface area contributed by atoms with Crippen LogP contribution in [0.1, 0.15) is 0 Å². The molecule has 0 bridgehead atoms. The van der Waals surface area contributed by atoms with Gasteiger partial charge >= 0.3 is 0 Å². The van der Waals surface area contributed by atoms with Crippen molar-refractivity contribution in [1.82, 2.24) is 0 Å². The minimum atomic E-state index is -0.0254. The largest absolute Gasteiger partial charge is 0.382 e. The third-order valence-corrected chi connectivity index (χ3v) is 1.87. The van der Waals surface area contributed by atoms with E-state index in [1.807, 2.05) is 0 Å². The van der Waals surface area contributed by atoms with Gasteiger partial charge in [-0.2, -0.15) is 0 Å². The maximum absolute atomic E-state index is 5.69. The lowest BCUT2D eigenvalue weighted by atomic mass is 10.2. The summed E-state index contributed by atoms with van der Waals surface area (Å²) in [5.74, 6) is 0. The van der Waals surface area contributed by atoms with Crippen molar-refractivity contribution in [3.8, 4) is 0 Å². The van der Waals surface area contributed by atoms with Crippen LogP contribution in [0.2, 0.25) is 0 Å². The Morgan fingerprint density at radius 2 is 2.23 bits per heavy atom. The Balaban J connectivity index is 1.93. The second-order valence-electron chi connectivity index (χ2n) is 2.93. The molecule has 5 nitrogen and oxygen atoms in total. The van der Waals surface area contributed by atoms with Crippen LogP contribution in [0.5, 0.6) is 0 Å². The molecular formula is C8H17NO4. The maximum atomic E-state index is 5.69. The average molecular weight is 191 g/mol. The minimum absolute atomic E-state index is 0.0222. The van der Waals surface area contributed by atoms with E-state index in [-0.39, 0.29) is 18.9 Å². The quantitative estimate of drug-likeness (QED) is 0.446. The van der Waals surface area contributed by atoms with Crippen molar-refractivity contribution in [2.24, 2.45) is 5.73 Å². The third kappa shape index (κ3) is 4.02. The molecule has 1 aliphatic rings. The zero-order valence-corrected chi connectivity index (χ0v) is 7.90. The summed E-state index contributed by atoms with van der Waals surface area (Å²) in [6.45, 7) is 2.51. The van der Waals surface area contributed by atoms with E-state index in [4.69, 9.17) is 24.7 Å². The molecule has 13 heavy (non-hydrogen) atoms. The molecule has 1 aliphatic heterocycles. The van der Waals surface area contributed by atoms with Crippen molar-refractivity contribution in [2.75, 3.05) is 40.3 Å². The Kier molecular flexibility index (Phi) is 5.26. The second-order valence-corrected chi connectivity index (χ2v) is 2.93. The Hall–Kier alpha value is -0.200. The SMILES string of the molecule is COCCOCO[C@@H]1COC[C@@H]1N. The van der Waals surface area contributed by atoms with Crippen LogP contribution in [-0.4, -0.2) is 52.5 Å². The van der Waals surface area contributed by atoms with Gasteiger partial charge in [-0.25, -0.2) is 0 Å². The molecule has 0 radical (unpaired) electrons. The molecule has 0 aliphatic carbocycles. The van der Waals surface area contributed by atoms with Gasteiger partial charge in [0.15, 0.2) is 0 Å². The van der Waals surface area contributed by atoms with Gasteiger partial charge in [0.2, 0.25) is 0 Å². The predicted octanol–water partition coefficient (Wildman–Crippen LogP) is -0.650. The van der Waals surface area contributed by atoms with Crippen LogP contribution < -0.4 is 5.73 Å². The summed E-state index contributed by atoms with van der Waals surface area (Å²) in [6.07, 6.45) is -0.0254. The lowest BCUT2D eigenvalue weighted by Gasteiger charge is -2.14. The van der Waals surface area contributed by atoms with Crippen LogP contribution in [-0.2, 0) is 18.9 Å². The van der Waals surface area contributed by atoms with Gasteiger partial charge in [-0.1, -0.05) is 0 Å². The lowest BCUT2D eigenvalue weighted by molar-refractivity contribution is -0.0998. The van der Waals surface area contributed by atoms with E-state index in [1.54, 1.807) is 7.11 Å². The number of methoxy groups -OCH3 is 1. The van der Waals surface area contributed by atoms with Gasteiger partial charge in [-0.05, 0) is 0 Å². The lowest BCUT2D eigenvalue weighted by Crippen LogP contribution is -2.35. The molecule has 5 heteroatoms. The highest BCUT2D eigenvalue weighted by molar-refractivity contribution is 4.77. The zero-order valence-electron chi connectivity index (χ0n) is 7.90. The Labute approximate surface area is 78.1 Å². The molecule has 1 rings (SSSR count). The Morgan fingerprint density at radius 3 is 2.85 bits per heavy atom. The maximum Gasteiger partial charge on any atom is 0.147 e. The molecule has 1 saturated heterocycles. The smallest absolute Gasteiger partial charge is 0.147 e. The first kappa shape index (κ1) is 10.9. The van der Waals surface area contributed by atoms with Crippen LogP contribution in [0.3, 0.4) is 0 Å². The standard InChI is InChI=1S/C8H17NO4/c1-10-2-3-11-6-13-8-5-12-4-7(8)9/h7-8H,2-6,9H2,1H3/t7-,8+/m0/s1. The number of nitrogens with two attached hydrogens (primary N) is 1. The molecule has 0 spiro atoms. The van der Waals surface area contributed by atoms with Crippen molar-refractivity contribution >= 4 is 0 Å². The molecule has 2 atom stereocenters. The predicted molar refractivity (Wildman–Crippen MR) is 46.4 cm³/mol. The number of hydrogen-bond donors (Lipinski definition) is 1.